The van der Waals surface area contributed by atoms with Gasteiger partial charge >= 0.3 is 5.97 Å². The van der Waals surface area contributed by atoms with Crippen molar-refractivity contribution < 1.29 is 19.8 Å². The van der Waals surface area contributed by atoms with Crippen molar-refractivity contribution in [2.75, 3.05) is 26.2 Å². The second-order valence-electron chi connectivity index (χ2n) is 5.09. The number of carbonyl (C=O) groups is 2. The van der Waals surface area contributed by atoms with E-state index in [4.69, 9.17) is 5.11 Å². The van der Waals surface area contributed by atoms with Gasteiger partial charge in [0.25, 0.3) is 0 Å². The minimum Gasteiger partial charge on any atom is -0.480 e. The minimum absolute atomic E-state index is 0.144. The van der Waals surface area contributed by atoms with Gasteiger partial charge in [0, 0.05) is 25.9 Å². The van der Waals surface area contributed by atoms with Crippen LogP contribution in [-0.2, 0) is 9.59 Å². The zero-order valence-corrected chi connectivity index (χ0v) is 10.4. The van der Waals surface area contributed by atoms with Crippen molar-refractivity contribution in [3.05, 3.63) is 0 Å². The lowest BCUT2D eigenvalue weighted by atomic mass is 10.2. The number of rotatable bonds is 4. The van der Waals surface area contributed by atoms with Crippen LogP contribution in [0.1, 0.15) is 25.7 Å². The Morgan fingerprint density at radius 1 is 1.22 bits per heavy atom. The SMILES string of the molecule is O=C(O)[C@@H]1CC(O)CN1C(=O)CCN1CCCC1. The Morgan fingerprint density at radius 3 is 2.50 bits per heavy atom. The first-order valence-corrected chi connectivity index (χ1v) is 6.50. The van der Waals surface area contributed by atoms with Gasteiger partial charge in [-0.3, -0.25) is 4.79 Å². The maximum absolute atomic E-state index is 12.0. The van der Waals surface area contributed by atoms with Gasteiger partial charge in [0.1, 0.15) is 6.04 Å². The predicted octanol–water partition coefficient (Wildman–Crippen LogP) is -0.481. The molecular weight excluding hydrogens is 236 g/mol. The molecule has 0 radical (unpaired) electrons. The van der Waals surface area contributed by atoms with Crippen molar-refractivity contribution in [2.45, 2.75) is 37.8 Å². The van der Waals surface area contributed by atoms with Gasteiger partial charge in [-0.25, -0.2) is 4.79 Å². The smallest absolute Gasteiger partial charge is 0.326 e. The molecule has 102 valence electrons. The molecule has 0 aromatic heterocycles. The molecule has 18 heavy (non-hydrogen) atoms. The second kappa shape index (κ2) is 5.67. The van der Waals surface area contributed by atoms with E-state index in [1.807, 2.05) is 0 Å². The van der Waals surface area contributed by atoms with E-state index in [1.165, 1.54) is 17.7 Å². The first-order chi connectivity index (χ1) is 8.58. The van der Waals surface area contributed by atoms with Gasteiger partial charge in [-0.05, 0) is 25.9 Å². The highest BCUT2D eigenvalue weighted by Gasteiger charge is 2.38. The minimum atomic E-state index is -1.03. The molecule has 6 heteroatoms. The van der Waals surface area contributed by atoms with Crippen LogP contribution in [0.15, 0.2) is 0 Å². The first-order valence-electron chi connectivity index (χ1n) is 6.50. The molecule has 2 saturated heterocycles. The molecule has 2 aliphatic rings. The van der Waals surface area contributed by atoms with E-state index in [9.17, 15) is 14.7 Å². The lowest BCUT2D eigenvalue weighted by Gasteiger charge is -2.22. The van der Waals surface area contributed by atoms with E-state index >= 15 is 0 Å². The van der Waals surface area contributed by atoms with E-state index in [0.29, 0.717) is 13.0 Å². The third-order valence-electron chi connectivity index (χ3n) is 3.72. The molecule has 0 aliphatic carbocycles. The van der Waals surface area contributed by atoms with Gasteiger partial charge in [0.05, 0.1) is 6.10 Å². The van der Waals surface area contributed by atoms with Crippen molar-refractivity contribution in [2.24, 2.45) is 0 Å². The third-order valence-corrected chi connectivity index (χ3v) is 3.72. The zero-order valence-electron chi connectivity index (χ0n) is 10.4. The standard InChI is InChI=1S/C12H20N2O4/c15-9-7-10(12(17)18)14(8-9)11(16)3-6-13-4-1-2-5-13/h9-10,15H,1-8H2,(H,17,18)/t9?,10-/m0/s1. The third kappa shape index (κ3) is 3.00. The number of nitrogens with zero attached hydrogens (tertiary/aromatic N) is 2. The van der Waals surface area contributed by atoms with Crippen LogP contribution in [0, 0.1) is 0 Å². The summed E-state index contributed by atoms with van der Waals surface area (Å²) in [5, 5.41) is 18.5. The van der Waals surface area contributed by atoms with Crippen LogP contribution in [-0.4, -0.2) is 70.2 Å². The highest BCUT2D eigenvalue weighted by molar-refractivity contribution is 5.84. The summed E-state index contributed by atoms with van der Waals surface area (Å²) in [5.41, 5.74) is 0. The number of carboxylic acid groups (broad SMARTS) is 1. The topological polar surface area (TPSA) is 81.1 Å². The Morgan fingerprint density at radius 2 is 1.89 bits per heavy atom. The molecule has 6 nitrogen and oxygen atoms in total. The number of aliphatic carboxylic acids is 1. The van der Waals surface area contributed by atoms with Crippen molar-refractivity contribution in [1.29, 1.82) is 0 Å². The molecule has 0 aromatic carbocycles. The summed E-state index contributed by atoms with van der Waals surface area (Å²) in [7, 11) is 0. The first kappa shape index (κ1) is 13.3. The maximum Gasteiger partial charge on any atom is 0.326 e. The second-order valence-corrected chi connectivity index (χ2v) is 5.09. The molecule has 2 N–H and O–H groups in total. The van der Waals surface area contributed by atoms with E-state index in [0.717, 1.165) is 13.1 Å². The molecule has 1 unspecified atom stereocenters. The molecule has 0 spiro atoms. The quantitative estimate of drug-likeness (QED) is 0.710. The van der Waals surface area contributed by atoms with Crippen molar-refractivity contribution >= 4 is 11.9 Å². The fourth-order valence-electron chi connectivity index (χ4n) is 2.73. The summed E-state index contributed by atoms with van der Waals surface area (Å²) in [6, 6.07) is -0.855. The van der Waals surface area contributed by atoms with Crippen LogP contribution in [0.5, 0.6) is 0 Å². The lowest BCUT2D eigenvalue weighted by Crippen LogP contribution is -2.41. The van der Waals surface area contributed by atoms with Crippen molar-refractivity contribution in [1.82, 2.24) is 9.80 Å². The van der Waals surface area contributed by atoms with E-state index < -0.39 is 18.1 Å². The monoisotopic (exact) mass is 256 g/mol. The van der Waals surface area contributed by atoms with E-state index in [1.54, 1.807) is 0 Å². The molecule has 2 atom stereocenters. The zero-order chi connectivity index (χ0) is 13.1. The number of β-amino-alcohol motifs (C(OH)–C–C–N with tert-alkyl or cyclic N) is 1. The normalized spacial score (nSPS) is 28.8. The number of aliphatic hydroxyl groups is 1. The van der Waals surface area contributed by atoms with E-state index in [-0.39, 0.29) is 18.9 Å². The summed E-state index contributed by atoms with van der Waals surface area (Å²) in [6.45, 7) is 2.89. The van der Waals surface area contributed by atoms with Crippen LogP contribution < -0.4 is 0 Å². The van der Waals surface area contributed by atoms with Gasteiger partial charge in [-0.2, -0.15) is 0 Å². The number of carbonyl (C=O) groups excluding carboxylic acids is 1. The Kier molecular flexibility index (Phi) is 4.19. The number of carboxylic acids is 1. The van der Waals surface area contributed by atoms with Crippen LogP contribution in [0.2, 0.25) is 0 Å². The molecule has 2 fully saturated rings. The summed E-state index contributed by atoms with van der Waals surface area (Å²) in [5.74, 6) is -1.19. The number of likely N-dealkylation sites (tertiary alicyclic amines) is 2. The fourth-order valence-corrected chi connectivity index (χ4v) is 2.73. The number of aliphatic hydroxyl groups excluding tert-OH is 1. The molecular formula is C12H20N2O4. The van der Waals surface area contributed by atoms with Gasteiger partial charge < -0.3 is 20.0 Å². The molecule has 1 amide bonds. The average molecular weight is 256 g/mol. The summed E-state index contributed by atoms with van der Waals surface area (Å²) in [4.78, 5) is 26.5. The van der Waals surface area contributed by atoms with Crippen LogP contribution in [0.25, 0.3) is 0 Å². The predicted molar refractivity (Wildman–Crippen MR) is 64.1 cm³/mol. The Bertz CT molecular complexity index is 328. The molecule has 2 heterocycles. The Labute approximate surface area is 106 Å². The van der Waals surface area contributed by atoms with Crippen LogP contribution in [0.3, 0.4) is 0 Å². The maximum atomic E-state index is 12.0. The lowest BCUT2D eigenvalue weighted by molar-refractivity contribution is -0.148. The average Bonchev–Trinajstić information content (AvgIpc) is 2.94. The number of hydrogen-bond donors (Lipinski definition) is 2. The molecule has 2 rings (SSSR count). The highest BCUT2D eigenvalue weighted by atomic mass is 16.4. The summed E-state index contributed by atoms with van der Waals surface area (Å²) in [6.07, 6.45) is 2.13. The number of amides is 1. The van der Waals surface area contributed by atoms with Crippen LogP contribution in [0.4, 0.5) is 0 Å². The fraction of sp³-hybridized carbons (Fsp3) is 0.833. The van der Waals surface area contributed by atoms with Gasteiger partial charge in [0.15, 0.2) is 0 Å². The summed E-state index contributed by atoms with van der Waals surface area (Å²) < 4.78 is 0. The Hall–Kier alpha value is -1.14. The van der Waals surface area contributed by atoms with Gasteiger partial charge in [0.2, 0.25) is 5.91 Å². The highest BCUT2D eigenvalue weighted by Crippen LogP contribution is 2.19. The largest absolute Gasteiger partial charge is 0.480 e. The van der Waals surface area contributed by atoms with Gasteiger partial charge in [-0.15, -0.1) is 0 Å². The van der Waals surface area contributed by atoms with Crippen molar-refractivity contribution in [3.8, 4) is 0 Å². The summed E-state index contributed by atoms with van der Waals surface area (Å²) >= 11 is 0. The van der Waals surface area contributed by atoms with Gasteiger partial charge in [-0.1, -0.05) is 0 Å². The molecule has 0 aromatic rings. The van der Waals surface area contributed by atoms with Crippen molar-refractivity contribution in [3.63, 3.8) is 0 Å². The molecule has 0 bridgehead atoms. The van der Waals surface area contributed by atoms with Crippen LogP contribution >= 0.6 is 0 Å². The number of hydrogen-bond acceptors (Lipinski definition) is 4. The van der Waals surface area contributed by atoms with E-state index in [2.05, 4.69) is 4.90 Å². The molecule has 0 saturated carbocycles. The molecule has 2 aliphatic heterocycles. The Balaban J connectivity index is 1.85.